The van der Waals surface area contributed by atoms with Gasteiger partial charge in [-0.25, -0.2) is 0 Å². The maximum Gasteiger partial charge on any atom is 0.175 e. The van der Waals surface area contributed by atoms with Gasteiger partial charge in [0, 0.05) is 48.8 Å². The Bertz CT molecular complexity index is 2730. The molecule has 0 radical (unpaired) electrons. The molecule has 0 N–H and O–H groups in total. The van der Waals surface area contributed by atoms with Crippen molar-refractivity contribution < 1.29 is 4.57 Å². The van der Waals surface area contributed by atoms with Gasteiger partial charge < -0.3 is 13.7 Å². The van der Waals surface area contributed by atoms with Gasteiger partial charge in [0.15, 0.2) is 7.14 Å². The smallest absolute Gasteiger partial charge is 0.175 e. The van der Waals surface area contributed by atoms with Crippen molar-refractivity contribution in [2.24, 2.45) is 0 Å². The van der Waals surface area contributed by atoms with Crippen LogP contribution in [0.15, 0.2) is 164 Å². The van der Waals surface area contributed by atoms with Gasteiger partial charge in [0.05, 0.1) is 45.3 Å². The summed E-state index contributed by atoms with van der Waals surface area (Å²) in [6.07, 6.45) is 0. The van der Waals surface area contributed by atoms with Crippen LogP contribution in [0.3, 0.4) is 0 Å². The number of hydrogen-bond donors (Lipinski definition) is 0. The molecule has 5 nitrogen and oxygen atoms in total. The van der Waals surface area contributed by atoms with Gasteiger partial charge in [-0.3, -0.25) is 0 Å². The molecule has 0 unspecified atom stereocenters. The summed E-state index contributed by atoms with van der Waals surface area (Å²) in [4.78, 5) is 0. The van der Waals surface area contributed by atoms with Gasteiger partial charge in [0.2, 0.25) is 0 Å². The van der Waals surface area contributed by atoms with Crippen molar-refractivity contribution in [3.8, 4) is 23.5 Å². The van der Waals surface area contributed by atoms with Crippen LogP contribution in [-0.2, 0) is 4.57 Å². The Morgan fingerprint density at radius 3 is 1.28 bits per heavy atom. The van der Waals surface area contributed by atoms with E-state index in [1.165, 1.54) is 0 Å². The first-order chi connectivity index (χ1) is 24.6. The fourth-order valence-electron chi connectivity index (χ4n) is 7.49. The van der Waals surface area contributed by atoms with E-state index in [-0.39, 0.29) is 0 Å². The summed E-state index contributed by atoms with van der Waals surface area (Å²) >= 11 is 0. The third-order valence-corrected chi connectivity index (χ3v) is 12.7. The van der Waals surface area contributed by atoms with Gasteiger partial charge in [-0.05, 0) is 72.8 Å². The zero-order chi connectivity index (χ0) is 33.8. The first-order valence-corrected chi connectivity index (χ1v) is 18.0. The minimum absolute atomic E-state index is 0.565. The second-order valence-electron chi connectivity index (χ2n) is 12.3. The molecule has 0 spiro atoms. The number of nitrogens with zero attached hydrogens (tertiary/aromatic N) is 4. The SMILES string of the molecule is N#Cc1ccc2c(c1)c1cccc(P(=O)(c3ccccc3)c3cccc4c5cc(C#N)ccc5n(-c5ccccc5)c34)c1n2-c1ccccc1. The zero-order valence-electron chi connectivity index (χ0n) is 26.7. The molecule has 9 aromatic rings. The summed E-state index contributed by atoms with van der Waals surface area (Å²) in [6, 6.07) is 58.2. The lowest BCUT2D eigenvalue weighted by molar-refractivity contribution is 0.592. The summed E-state index contributed by atoms with van der Waals surface area (Å²) in [6.45, 7) is 0. The molecule has 50 heavy (non-hydrogen) atoms. The largest absolute Gasteiger partial charge is 0.308 e. The molecular weight excluding hydrogens is 631 g/mol. The molecule has 0 aliphatic heterocycles. The van der Waals surface area contributed by atoms with Crippen LogP contribution < -0.4 is 15.9 Å². The van der Waals surface area contributed by atoms with Gasteiger partial charge in [0.25, 0.3) is 0 Å². The molecule has 2 aromatic heterocycles. The van der Waals surface area contributed by atoms with Crippen molar-refractivity contribution in [3.63, 3.8) is 0 Å². The van der Waals surface area contributed by atoms with E-state index < -0.39 is 7.14 Å². The Morgan fingerprint density at radius 2 is 0.860 bits per heavy atom. The van der Waals surface area contributed by atoms with E-state index in [1.54, 1.807) is 0 Å². The number of aromatic nitrogens is 2. The maximum absolute atomic E-state index is 16.9. The van der Waals surface area contributed by atoms with E-state index in [2.05, 4.69) is 57.7 Å². The summed E-state index contributed by atoms with van der Waals surface area (Å²) in [5.74, 6) is 0. The number of fused-ring (bicyclic) bond motifs is 6. The molecule has 0 saturated heterocycles. The quantitative estimate of drug-likeness (QED) is 0.173. The molecule has 234 valence electrons. The Hall–Kier alpha value is -6.65. The molecule has 0 aliphatic rings. The van der Waals surface area contributed by atoms with Gasteiger partial charge >= 0.3 is 0 Å². The fourth-order valence-corrected chi connectivity index (χ4v) is 10.5. The first-order valence-electron chi connectivity index (χ1n) is 16.3. The second kappa shape index (κ2) is 11.5. The minimum Gasteiger partial charge on any atom is -0.308 e. The topological polar surface area (TPSA) is 74.5 Å². The maximum atomic E-state index is 16.9. The number of rotatable bonds is 5. The van der Waals surface area contributed by atoms with Crippen molar-refractivity contribution in [2.45, 2.75) is 0 Å². The van der Waals surface area contributed by atoms with E-state index >= 15 is 4.57 Å². The number of para-hydroxylation sites is 4. The predicted molar refractivity (Wildman–Crippen MR) is 204 cm³/mol. The van der Waals surface area contributed by atoms with Crippen LogP contribution in [-0.4, -0.2) is 9.13 Å². The predicted octanol–water partition coefficient (Wildman–Crippen LogP) is 9.26. The average Bonchev–Trinajstić information content (AvgIpc) is 3.70. The molecule has 0 fully saturated rings. The molecule has 0 bridgehead atoms. The van der Waals surface area contributed by atoms with Crippen LogP contribution in [0.25, 0.3) is 55.0 Å². The molecule has 7 aromatic carbocycles. The average molecular weight is 659 g/mol. The molecule has 0 atom stereocenters. The number of benzene rings is 7. The van der Waals surface area contributed by atoms with Crippen LogP contribution in [0.5, 0.6) is 0 Å². The molecule has 0 aliphatic carbocycles. The lowest BCUT2D eigenvalue weighted by atomic mass is 10.1. The normalized spacial score (nSPS) is 11.6. The third-order valence-electron chi connectivity index (χ3n) is 9.62. The Kier molecular flexibility index (Phi) is 6.78. The molecule has 9 rings (SSSR count). The van der Waals surface area contributed by atoms with E-state index in [0.29, 0.717) is 27.0 Å². The highest BCUT2D eigenvalue weighted by molar-refractivity contribution is 7.86. The number of hydrogen-bond acceptors (Lipinski definition) is 3. The molecule has 0 amide bonds. The van der Waals surface area contributed by atoms with Crippen molar-refractivity contribution >= 4 is 66.7 Å². The van der Waals surface area contributed by atoms with Crippen LogP contribution in [0.4, 0.5) is 0 Å². The minimum atomic E-state index is -3.68. The first kappa shape index (κ1) is 29.5. The van der Waals surface area contributed by atoms with Gasteiger partial charge in [-0.15, -0.1) is 0 Å². The molecule has 2 heterocycles. The van der Waals surface area contributed by atoms with E-state index in [4.69, 9.17) is 0 Å². The molecule has 0 saturated carbocycles. The number of nitriles is 2. The standard InChI is InChI=1S/C44H27N4OP/c45-28-30-22-24-39-37(26-30)35-18-10-20-41(43(35)47(39)32-12-4-1-5-13-32)50(49,34-16-8-3-9-17-34)42-21-11-19-36-38-27-31(29-46)23-25-40(38)48(44(36)42)33-14-6-2-7-15-33/h1-27H. The van der Waals surface area contributed by atoms with Crippen LogP contribution in [0.2, 0.25) is 0 Å². The second-order valence-corrected chi connectivity index (χ2v) is 15.0. The van der Waals surface area contributed by atoms with Crippen molar-refractivity contribution in [3.05, 3.63) is 175 Å². The fraction of sp³-hybridized carbons (Fsp3) is 0. The van der Waals surface area contributed by atoms with Gasteiger partial charge in [-0.2, -0.15) is 10.5 Å². The lowest BCUT2D eigenvalue weighted by Gasteiger charge is -2.24. The van der Waals surface area contributed by atoms with Crippen LogP contribution >= 0.6 is 7.14 Å². The summed E-state index contributed by atoms with van der Waals surface area (Å²) in [7, 11) is -3.68. The van der Waals surface area contributed by atoms with Gasteiger partial charge in [-0.1, -0.05) is 91.0 Å². The monoisotopic (exact) mass is 658 g/mol. The summed E-state index contributed by atoms with van der Waals surface area (Å²) in [5.41, 5.74) is 6.53. The van der Waals surface area contributed by atoms with Crippen LogP contribution in [0, 0.1) is 22.7 Å². The van der Waals surface area contributed by atoms with Crippen molar-refractivity contribution in [2.75, 3.05) is 0 Å². The molecule has 6 heteroatoms. The third kappa shape index (κ3) is 4.28. The Balaban J connectivity index is 1.49. The summed E-state index contributed by atoms with van der Waals surface area (Å²) in [5, 5.41) is 25.5. The Morgan fingerprint density at radius 1 is 0.440 bits per heavy atom. The zero-order valence-corrected chi connectivity index (χ0v) is 27.6. The highest BCUT2D eigenvalue weighted by atomic mass is 31.2. The summed E-state index contributed by atoms with van der Waals surface area (Å²) < 4.78 is 21.2. The lowest BCUT2D eigenvalue weighted by Crippen LogP contribution is -2.27. The highest BCUT2D eigenvalue weighted by Gasteiger charge is 2.36. The van der Waals surface area contributed by atoms with Gasteiger partial charge in [0.1, 0.15) is 0 Å². The van der Waals surface area contributed by atoms with E-state index in [9.17, 15) is 10.5 Å². The van der Waals surface area contributed by atoms with E-state index in [1.807, 2.05) is 127 Å². The highest BCUT2D eigenvalue weighted by Crippen LogP contribution is 2.49. The van der Waals surface area contributed by atoms with Crippen molar-refractivity contribution in [1.29, 1.82) is 10.5 Å². The molecular formula is C44H27N4OP. The van der Waals surface area contributed by atoms with Crippen LogP contribution in [0.1, 0.15) is 11.1 Å². The van der Waals surface area contributed by atoms with E-state index in [0.717, 1.165) is 55.0 Å². The van der Waals surface area contributed by atoms with Crippen molar-refractivity contribution in [1.82, 2.24) is 9.13 Å². The Labute approximate surface area is 288 Å².